The van der Waals surface area contributed by atoms with Gasteiger partial charge in [0.25, 0.3) is 0 Å². The Kier molecular flexibility index (Phi) is 19.6. The number of ether oxygens (including phenoxy) is 1. The van der Waals surface area contributed by atoms with Crippen molar-refractivity contribution in [3.05, 3.63) is 72.9 Å². The van der Waals surface area contributed by atoms with E-state index in [1.807, 2.05) is 78.7 Å². The lowest BCUT2D eigenvalue weighted by Crippen LogP contribution is -2.37. The van der Waals surface area contributed by atoms with E-state index in [4.69, 9.17) is 21.9 Å². The molecular formula is C32H59N11O. The van der Waals surface area contributed by atoms with Crippen molar-refractivity contribution in [1.29, 1.82) is 0 Å². The van der Waals surface area contributed by atoms with Crippen LogP contribution in [0, 0.1) is 27.7 Å². The largest absolute Gasteiger partial charge is 0.378 e. The fourth-order valence-electron chi connectivity index (χ4n) is 4.07. The van der Waals surface area contributed by atoms with Crippen molar-refractivity contribution in [2.24, 2.45) is 17.2 Å². The number of nitrogens with zero attached hydrogens (tertiary/aromatic N) is 8. The molecule has 6 N–H and O–H groups in total. The van der Waals surface area contributed by atoms with Gasteiger partial charge in [-0.15, -0.1) is 0 Å². The van der Waals surface area contributed by atoms with Gasteiger partial charge in [-0.25, -0.2) is 19.9 Å². The maximum Gasteiger partial charge on any atom is 0.105 e. The van der Waals surface area contributed by atoms with Gasteiger partial charge in [0, 0.05) is 87.8 Å². The second kappa shape index (κ2) is 22.2. The topological polar surface area (TPSA) is 159 Å². The smallest absolute Gasteiger partial charge is 0.105 e. The molecule has 0 atom stereocenters. The Labute approximate surface area is 265 Å². The van der Waals surface area contributed by atoms with Gasteiger partial charge in [-0.3, -0.25) is 0 Å². The summed E-state index contributed by atoms with van der Waals surface area (Å²) in [7, 11) is 0. The maximum atomic E-state index is 5.85. The van der Waals surface area contributed by atoms with Gasteiger partial charge in [-0.2, -0.15) is 0 Å². The highest BCUT2D eigenvalue weighted by molar-refractivity contribution is 4.91. The molecule has 0 unspecified atom stereocenters. The third kappa shape index (κ3) is 17.1. The molecular weight excluding hydrogens is 554 g/mol. The van der Waals surface area contributed by atoms with E-state index >= 15 is 0 Å². The van der Waals surface area contributed by atoms with Gasteiger partial charge in [-0.05, 0) is 60.9 Å². The summed E-state index contributed by atoms with van der Waals surface area (Å²) in [6.07, 6.45) is 20.1. The van der Waals surface area contributed by atoms with Crippen LogP contribution in [0.15, 0.2) is 49.6 Å². The van der Waals surface area contributed by atoms with Crippen LogP contribution in [0.1, 0.15) is 69.8 Å². The summed E-state index contributed by atoms with van der Waals surface area (Å²) >= 11 is 0. The van der Waals surface area contributed by atoms with Crippen LogP contribution in [-0.4, -0.2) is 70.0 Å². The summed E-state index contributed by atoms with van der Waals surface area (Å²) < 4.78 is 13.7. The molecule has 4 aromatic rings. The van der Waals surface area contributed by atoms with Crippen molar-refractivity contribution in [3.63, 3.8) is 0 Å². The molecule has 0 radical (unpaired) electrons. The molecule has 0 saturated carbocycles. The number of unbranched alkanes of at least 4 members (excludes halogenated alkanes) is 2. The van der Waals surface area contributed by atoms with Crippen LogP contribution < -0.4 is 17.2 Å². The first-order valence-corrected chi connectivity index (χ1v) is 15.7. The van der Waals surface area contributed by atoms with Crippen molar-refractivity contribution in [2.45, 2.75) is 106 Å². The summed E-state index contributed by atoms with van der Waals surface area (Å²) in [5.74, 6) is 4.23. The average Bonchev–Trinajstić information content (AvgIpc) is 3.78. The minimum atomic E-state index is -0.161. The number of hydrogen-bond donors (Lipinski definition) is 3. The molecule has 0 aliphatic rings. The minimum Gasteiger partial charge on any atom is -0.378 e. The average molecular weight is 614 g/mol. The molecule has 12 heteroatoms. The van der Waals surface area contributed by atoms with Crippen LogP contribution in [0.5, 0.6) is 0 Å². The van der Waals surface area contributed by atoms with Gasteiger partial charge in [0.2, 0.25) is 0 Å². The van der Waals surface area contributed by atoms with Crippen LogP contribution in [0.2, 0.25) is 0 Å². The molecule has 0 aliphatic carbocycles. The summed E-state index contributed by atoms with van der Waals surface area (Å²) in [5, 5.41) is 0. The van der Waals surface area contributed by atoms with E-state index in [0.717, 1.165) is 62.4 Å². The number of aromatic nitrogens is 8. The van der Waals surface area contributed by atoms with Gasteiger partial charge < -0.3 is 40.2 Å². The van der Waals surface area contributed by atoms with Crippen LogP contribution in [0.3, 0.4) is 0 Å². The Morgan fingerprint density at radius 1 is 0.614 bits per heavy atom. The van der Waals surface area contributed by atoms with Gasteiger partial charge in [0.1, 0.15) is 23.3 Å². The number of rotatable bonds is 14. The Balaban J connectivity index is 0.000000294. The van der Waals surface area contributed by atoms with E-state index in [9.17, 15) is 0 Å². The lowest BCUT2D eigenvalue weighted by Gasteiger charge is -2.19. The summed E-state index contributed by atoms with van der Waals surface area (Å²) in [6, 6.07) is 0. The van der Waals surface area contributed by atoms with Crippen LogP contribution in [0.4, 0.5) is 0 Å². The van der Waals surface area contributed by atoms with Gasteiger partial charge in [0.15, 0.2) is 0 Å². The highest BCUT2D eigenvalue weighted by Crippen LogP contribution is 2.04. The highest BCUT2D eigenvalue weighted by Gasteiger charge is 2.11. The molecule has 0 amide bonds. The second-order valence-corrected chi connectivity index (χ2v) is 11.3. The van der Waals surface area contributed by atoms with E-state index in [1.165, 1.54) is 19.3 Å². The van der Waals surface area contributed by atoms with Gasteiger partial charge in [-0.1, -0.05) is 19.8 Å². The van der Waals surface area contributed by atoms with Crippen LogP contribution >= 0.6 is 0 Å². The predicted molar refractivity (Wildman–Crippen MR) is 179 cm³/mol. The fraction of sp³-hybridized carbons (Fsp3) is 0.625. The second-order valence-electron chi connectivity index (χ2n) is 11.3. The molecule has 44 heavy (non-hydrogen) atoms. The van der Waals surface area contributed by atoms with E-state index in [0.29, 0.717) is 19.8 Å². The Morgan fingerprint density at radius 3 is 1.41 bits per heavy atom. The van der Waals surface area contributed by atoms with Crippen molar-refractivity contribution in [2.75, 3.05) is 26.3 Å². The Bertz CT molecular complexity index is 1230. The van der Waals surface area contributed by atoms with Crippen molar-refractivity contribution >= 4 is 0 Å². The molecule has 4 rings (SSSR count). The van der Waals surface area contributed by atoms with E-state index in [2.05, 4.69) is 45.1 Å². The van der Waals surface area contributed by atoms with E-state index < -0.39 is 0 Å². The molecule has 4 aromatic heterocycles. The molecule has 12 nitrogen and oxygen atoms in total. The summed E-state index contributed by atoms with van der Waals surface area (Å²) in [4.78, 5) is 16.5. The zero-order valence-electron chi connectivity index (χ0n) is 28.3. The van der Waals surface area contributed by atoms with Crippen molar-refractivity contribution in [1.82, 2.24) is 38.2 Å². The van der Waals surface area contributed by atoms with Crippen LogP contribution in [-0.2, 0) is 30.9 Å². The maximum absolute atomic E-state index is 5.85. The fourth-order valence-corrected chi connectivity index (χ4v) is 4.07. The summed E-state index contributed by atoms with van der Waals surface area (Å²) in [5.41, 5.74) is 16.3. The first-order chi connectivity index (χ1) is 21.0. The SMILES string of the molecule is CCCCCn1ccnc1C.Cc1nccn1CC(C)(C)N.Cc1nccn1CCCN.Cc1nccn1CCOCCN. The molecule has 248 valence electrons. The molecule has 0 bridgehead atoms. The summed E-state index contributed by atoms with van der Waals surface area (Å²) in [6.45, 7) is 20.7. The minimum absolute atomic E-state index is 0.161. The zero-order chi connectivity index (χ0) is 32.8. The standard InChI is InChI=1S/C9H16N2.C8H15N3O.C8H15N3.C7H13N3/c1-3-4-5-7-11-8-6-10-9(11)2;1-8-10-3-4-11(8)5-7-12-6-2-9;1-7-10-4-5-11(7)6-8(2,3)9;1-7-9-4-6-10(7)5-2-3-8/h6,8H,3-5,7H2,1-2H3;3-4H,2,5-7,9H2,1H3;4-5H,6,9H2,1-3H3;4,6H,2-3,5,8H2,1H3. The first-order valence-electron chi connectivity index (χ1n) is 15.7. The van der Waals surface area contributed by atoms with Crippen LogP contribution in [0.25, 0.3) is 0 Å². The van der Waals surface area contributed by atoms with Crippen molar-refractivity contribution < 1.29 is 4.74 Å². The normalized spacial score (nSPS) is 10.8. The van der Waals surface area contributed by atoms with Crippen molar-refractivity contribution in [3.8, 4) is 0 Å². The molecule has 0 aromatic carbocycles. The van der Waals surface area contributed by atoms with E-state index in [-0.39, 0.29) is 5.54 Å². The number of nitrogens with two attached hydrogens (primary N) is 3. The molecule has 0 spiro atoms. The molecule has 0 aliphatic heterocycles. The molecule has 0 fully saturated rings. The zero-order valence-corrected chi connectivity index (χ0v) is 28.3. The van der Waals surface area contributed by atoms with Gasteiger partial charge in [0.05, 0.1) is 13.2 Å². The monoisotopic (exact) mass is 613 g/mol. The first kappa shape index (κ1) is 38.7. The lowest BCUT2D eigenvalue weighted by molar-refractivity contribution is 0.133. The lowest BCUT2D eigenvalue weighted by atomic mass is 10.1. The molecule has 0 saturated heterocycles. The number of imidazole rings is 4. The van der Waals surface area contributed by atoms with E-state index in [1.54, 1.807) is 12.4 Å². The molecule has 4 heterocycles. The third-order valence-electron chi connectivity index (χ3n) is 6.62. The Morgan fingerprint density at radius 2 is 1.05 bits per heavy atom. The number of hydrogen-bond acceptors (Lipinski definition) is 8. The highest BCUT2D eigenvalue weighted by atomic mass is 16.5. The van der Waals surface area contributed by atoms with Gasteiger partial charge >= 0.3 is 0 Å². The predicted octanol–water partition coefficient (Wildman–Crippen LogP) is 4.02. The Hall–Kier alpha value is -3.32. The number of aryl methyl sites for hydroxylation is 6. The quantitative estimate of drug-likeness (QED) is 0.180. The third-order valence-corrected chi connectivity index (χ3v) is 6.62.